The van der Waals surface area contributed by atoms with Crippen LogP contribution in [0.4, 0.5) is 0 Å². The Hall–Kier alpha value is -1.26. The normalized spacial score (nSPS) is 12.0. The molecule has 2 N–H and O–H groups in total. The van der Waals surface area contributed by atoms with Crippen LogP contribution < -0.4 is 15.4 Å². The number of hydrogen-bond donors (Lipinski definition) is 2. The van der Waals surface area contributed by atoms with E-state index in [1.807, 2.05) is 26.0 Å². The molecule has 1 atom stereocenters. The van der Waals surface area contributed by atoms with Crippen molar-refractivity contribution < 1.29 is 9.53 Å². The van der Waals surface area contributed by atoms with E-state index in [1.54, 1.807) is 13.0 Å². The third-order valence-corrected chi connectivity index (χ3v) is 2.89. The molecular weight excluding hydrogens is 264 g/mol. The molecule has 0 radical (unpaired) electrons. The monoisotopic (exact) mass is 284 g/mol. The molecule has 1 unspecified atom stereocenters. The van der Waals surface area contributed by atoms with Crippen molar-refractivity contribution >= 4 is 17.5 Å². The van der Waals surface area contributed by atoms with Crippen molar-refractivity contribution in [1.29, 1.82) is 0 Å². The molecule has 19 heavy (non-hydrogen) atoms. The Morgan fingerprint density at radius 1 is 1.37 bits per heavy atom. The van der Waals surface area contributed by atoms with Crippen LogP contribution in [0, 0.1) is 0 Å². The van der Waals surface area contributed by atoms with Crippen molar-refractivity contribution in [3.8, 4) is 5.75 Å². The maximum Gasteiger partial charge on any atom is 0.260 e. The lowest BCUT2D eigenvalue weighted by molar-refractivity contribution is -0.127. The molecule has 1 aromatic rings. The average Bonchev–Trinajstić information content (AvgIpc) is 2.39. The summed E-state index contributed by atoms with van der Waals surface area (Å²) >= 11 is 6.15. The third-order valence-electron chi connectivity index (χ3n) is 2.60. The molecule has 0 saturated carbocycles. The first-order valence-corrected chi connectivity index (χ1v) is 6.89. The van der Waals surface area contributed by atoms with Crippen molar-refractivity contribution in [1.82, 2.24) is 10.6 Å². The number of amides is 1. The summed E-state index contributed by atoms with van der Waals surface area (Å²) < 4.78 is 5.55. The number of halogens is 1. The van der Waals surface area contributed by atoms with Gasteiger partial charge in [0.2, 0.25) is 0 Å². The smallest absolute Gasteiger partial charge is 0.260 e. The van der Waals surface area contributed by atoms with Gasteiger partial charge in [0.1, 0.15) is 5.75 Å². The van der Waals surface area contributed by atoms with Gasteiger partial charge in [-0.3, -0.25) is 4.79 Å². The Labute approximate surface area is 119 Å². The second-order valence-corrected chi connectivity index (χ2v) is 4.61. The van der Waals surface area contributed by atoms with Crippen LogP contribution in [0.15, 0.2) is 18.2 Å². The predicted octanol–water partition coefficient (Wildman–Crippen LogP) is 2.35. The van der Waals surface area contributed by atoms with Gasteiger partial charge < -0.3 is 15.4 Å². The summed E-state index contributed by atoms with van der Waals surface area (Å²) in [5.74, 6) is 0.385. The van der Waals surface area contributed by atoms with Gasteiger partial charge in [-0.25, -0.2) is 0 Å². The Morgan fingerprint density at radius 3 is 2.68 bits per heavy atom. The molecule has 1 rings (SSSR count). The molecule has 5 heteroatoms. The standard InChI is InChI=1S/C14H21ClN2O2/c1-4-16-9-11-6-7-13(12(15)8-11)19-10(3)14(18)17-5-2/h6-8,10,16H,4-5,9H2,1-3H3,(H,17,18). The lowest BCUT2D eigenvalue weighted by Gasteiger charge is -2.15. The number of ether oxygens (including phenoxy) is 1. The summed E-state index contributed by atoms with van der Waals surface area (Å²) in [6.45, 7) is 7.88. The minimum Gasteiger partial charge on any atom is -0.479 e. The van der Waals surface area contributed by atoms with E-state index in [1.165, 1.54) is 0 Å². The molecular formula is C14H21ClN2O2. The molecule has 0 saturated heterocycles. The number of nitrogens with one attached hydrogen (secondary N) is 2. The molecule has 4 nitrogen and oxygen atoms in total. The maximum atomic E-state index is 11.6. The second kappa shape index (κ2) is 8.02. The minimum atomic E-state index is -0.558. The SMILES string of the molecule is CCNCc1ccc(OC(C)C(=O)NCC)c(Cl)c1. The van der Waals surface area contributed by atoms with Crippen LogP contribution >= 0.6 is 11.6 Å². The molecule has 0 heterocycles. The minimum absolute atomic E-state index is 0.143. The van der Waals surface area contributed by atoms with Crippen molar-refractivity contribution in [2.75, 3.05) is 13.1 Å². The van der Waals surface area contributed by atoms with E-state index in [0.717, 1.165) is 18.7 Å². The highest BCUT2D eigenvalue weighted by molar-refractivity contribution is 6.32. The van der Waals surface area contributed by atoms with Gasteiger partial charge in [0.05, 0.1) is 5.02 Å². The van der Waals surface area contributed by atoms with E-state index in [-0.39, 0.29) is 5.91 Å². The van der Waals surface area contributed by atoms with Crippen molar-refractivity contribution in [2.45, 2.75) is 33.4 Å². The Balaban J connectivity index is 2.66. The summed E-state index contributed by atoms with van der Waals surface area (Å²) in [6.07, 6.45) is -0.558. The summed E-state index contributed by atoms with van der Waals surface area (Å²) in [4.78, 5) is 11.6. The van der Waals surface area contributed by atoms with Crippen LogP contribution in [-0.4, -0.2) is 25.1 Å². The van der Waals surface area contributed by atoms with Gasteiger partial charge in [-0.15, -0.1) is 0 Å². The maximum absolute atomic E-state index is 11.6. The quantitative estimate of drug-likeness (QED) is 0.808. The summed E-state index contributed by atoms with van der Waals surface area (Å²) in [5, 5.41) is 6.45. The Kier molecular flexibility index (Phi) is 6.67. The summed E-state index contributed by atoms with van der Waals surface area (Å²) in [6, 6.07) is 5.59. The van der Waals surface area contributed by atoms with Crippen LogP contribution in [0.5, 0.6) is 5.75 Å². The van der Waals surface area contributed by atoms with Gasteiger partial charge in [-0.05, 0) is 38.1 Å². The van der Waals surface area contributed by atoms with Gasteiger partial charge in [-0.1, -0.05) is 24.6 Å². The lowest BCUT2D eigenvalue weighted by Crippen LogP contribution is -2.36. The molecule has 0 aliphatic rings. The summed E-state index contributed by atoms with van der Waals surface area (Å²) in [7, 11) is 0. The molecule has 0 aromatic heterocycles. The number of rotatable bonds is 7. The third kappa shape index (κ3) is 5.09. The van der Waals surface area contributed by atoms with E-state index >= 15 is 0 Å². The highest BCUT2D eigenvalue weighted by Gasteiger charge is 2.15. The molecule has 0 spiro atoms. The van der Waals surface area contributed by atoms with Crippen LogP contribution in [0.3, 0.4) is 0 Å². The largest absolute Gasteiger partial charge is 0.479 e. The van der Waals surface area contributed by atoms with Gasteiger partial charge in [0, 0.05) is 13.1 Å². The summed E-state index contributed by atoms with van der Waals surface area (Å²) in [5.41, 5.74) is 1.09. The van der Waals surface area contributed by atoms with E-state index in [4.69, 9.17) is 16.3 Å². The highest BCUT2D eigenvalue weighted by Crippen LogP contribution is 2.26. The lowest BCUT2D eigenvalue weighted by atomic mass is 10.2. The van der Waals surface area contributed by atoms with Crippen LogP contribution in [0.1, 0.15) is 26.3 Å². The van der Waals surface area contributed by atoms with Gasteiger partial charge in [0.25, 0.3) is 5.91 Å². The zero-order valence-electron chi connectivity index (χ0n) is 11.6. The van der Waals surface area contributed by atoms with Crippen molar-refractivity contribution in [3.63, 3.8) is 0 Å². The molecule has 0 bridgehead atoms. The number of hydrogen-bond acceptors (Lipinski definition) is 3. The Morgan fingerprint density at radius 2 is 2.11 bits per heavy atom. The zero-order chi connectivity index (χ0) is 14.3. The fourth-order valence-electron chi connectivity index (χ4n) is 1.58. The number of benzene rings is 1. The van der Waals surface area contributed by atoms with Crippen LogP contribution in [-0.2, 0) is 11.3 Å². The molecule has 1 aromatic carbocycles. The van der Waals surface area contributed by atoms with E-state index in [2.05, 4.69) is 10.6 Å². The van der Waals surface area contributed by atoms with Gasteiger partial charge >= 0.3 is 0 Å². The van der Waals surface area contributed by atoms with Crippen molar-refractivity contribution in [3.05, 3.63) is 28.8 Å². The average molecular weight is 285 g/mol. The van der Waals surface area contributed by atoms with Crippen molar-refractivity contribution in [2.24, 2.45) is 0 Å². The van der Waals surface area contributed by atoms with Gasteiger partial charge in [-0.2, -0.15) is 0 Å². The first-order valence-electron chi connectivity index (χ1n) is 6.52. The fraction of sp³-hybridized carbons (Fsp3) is 0.500. The van der Waals surface area contributed by atoms with Crippen LogP contribution in [0.25, 0.3) is 0 Å². The molecule has 0 fully saturated rings. The van der Waals surface area contributed by atoms with E-state index in [9.17, 15) is 4.79 Å². The van der Waals surface area contributed by atoms with E-state index < -0.39 is 6.10 Å². The topological polar surface area (TPSA) is 50.4 Å². The van der Waals surface area contributed by atoms with E-state index in [0.29, 0.717) is 17.3 Å². The molecule has 0 aliphatic heterocycles. The number of carbonyl (C=O) groups is 1. The molecule has 0 aliphatic carbocycles. The first kappa shape index (κ1) is 15.8. The molecule has 106 valence electrons. The predicted molar refractivity (Wildman–Crippen MR) is 77.6 cm³/mol. The fourth-order valence-corrected chi connectivity index (χ4v) is 1.83. The van der Waals surface area contributed by atoms with Crippen LogP contribution in [0.2, 0.25) is 5.02 Å². The highest BCUT2D eigenvalue weighted by atomic mass is 35.5. The first-order chi connectivity index (χ1) is 9.08. The zero-order valence-corrected chi connectivity index (χ0v) is 12.4. The number of likely N-dealkylation sites (N-methyl/N-ethyl adjacent to an activating group) is 1. The number of carbonyl (C=O) groups excluding carboxylic acids is 1. The Bertz CT molecular complexity index is 424. The van der Waals surface area contributed by atoms with Gasteiger partial charge in [0.15, 0.2) is 6.10 Å². The second-order valence-electron chi connectivity index (χ2n) is 4.20. The molecule has 1 amide bonds.